The third-order valence-electron chi connectivity index (χ3n) is 3.76. The lowest BCUT2D eigenvalue weighted by Gasteiger charge is -2.24. The van der Waals surface area contributed by atoms with Gasteiger partial charge >= 0.3 is 0 Å². The summed E-state index contributed by atoms with van der Waals surface area (Å²) in [5.41, 5.74) is 0.605. The fraction of sp³-hybridized carbons (Fsp3) is 0.562. The molecule has 110 valence electrons. The number of carbonyl (C=O) groups is 1. The number of carbonyl (C=O) groups excluding carboxylic acids is 1. The lowest BCUT2D eigenvalue weighted by atomic mass is 9.93. The van der Waals surface area contributed by atoms with E-state index in [1.165, 1.54) is 0 Å². The molecule has 1 aliphatic rings. The van der Waals surface area contributed by atoms with Crippen LogP contribution in [0.15, 0.2) is 18.2 Å². The minimum Gasteiger partial charge on any atom is -0.493 e. The van der Waals surface area contributed by atoms with Gasteiger partial charge in [-0.3, -0.25) is 4.79 Å². The minimum atomic E-state index is -0.348. The van der Waals surface area contributed by atoms with E-state index < -0.39 is 0 Å². The Morgan fingerprint density at radius 2 is 1.65 bits per heavy atom. The molecule has 0 spiro atoms. The van der Waals surface area contributed by atoms with Gasteiger partial charge in [0.1, 0.15) is 17.1 Å². The second kappa shape index (κ2) is 6.58. The van der Waals surface area contributed by atoms with Crippen LogP contribution >= 0.6 is 9.24 Å². The number of hydrogen-bond acceptors (Lipinski definition) is 3. The molecular weight excluding hydrogens is 271 g/mol. The van der Waals surface area contributed by atoms with E-state index >= 15 is 0 Å². The quantitative estimate of drug-likeness (QED) is 0.590. The zero-order chi connectivity index (χ0) is 14.6. The van der Waals surface area contributed by atoms with E-state index in [0.717, 1.165) is 25.7 Å². The Hall–Kier alpha value is -1.08. The first-order chi connectivity index (χ1) is 9.62. The average Bonchev–Trinajstić information content (AvgIpc) is 2.87. The lowest BCUT2D eigenvalue weighted by molar-refractivity contribution is 0.0936. The predicted octanol–water partition coefficient (Wildman–Crippen LogP) is 3.85. The Morgan fingerprint density at radius 1 is 1.15 bits per heavy atom. The van der Waals surface area contributed by atoms with Crippen molar-refractivity contribution in [3.8, 4) is 11.5 Å². The van der Waals surface area contributed by atoms with Crippen molar-refractivity contribution >= 4 is 15.0 Å². The van der Waals surface area contributed by atoms with Crippen molar-refractivity contribution in [3.63, 3.8) is 0 Å². The highest BCUT2D eigenvalue weighted by Crippen LogP contribution is 2.44. The molecule has 4 heteroatoms. The maximum absolute atomic E-state index is 13.0. The number of benzene rings is 1. The highest BCUT2D eigenvalue weighted by Gasteiger charge is 2.39. The van der Waals surface area contributed by atoms with Gasteiger partial charge in [-0.2, -0.15) is 0 Å². The van der Waals surface area contributed by atoms with Crippen molar-refractivity contribution in [1.29, 1.82) is 0 Å². The molecule has 0 amide bonds. The summed E-state index contributed by atoms with van der Waals surface area (Å²) in [5, 5.41) is -0.348. The van der Waals surface area contributed by atoms with Crippen LogP contribution in [0.1, 0.15) is 49.9 Å². The number of rotatable bonds is 6. The fourth-order valence-corrected chi connectivity index (χ4v) is 3.32. The van der Waals surface area contributed by atoms with E-state index in [4.69, 9.17) is 9.47 Å². The van der Waals surface area contributed by atoms with Gasteiger partial charge in [-0.25, -0.2) is 0 Å². The van der Waals surface area contributed by atoms with Crippen LogP contribution in [-0.4, -0.2) is 24.2 Å². The molecule has 0 heterocycles. The molecule has 0 radical (unpaired) electrons. The predicted molar refractivity (Wildman–Crippen MR) is 84.0 cm³/mol. The molecule has 3 nitrogen and oxygen atoms in total. The zero-order valence-corrected chi connectivity index (χ0v) is 13.4. The van der Waals surface area contributed by atoms with E-state index in [9.17, 15) is 4.79 Å². The maximum Gasteiger partial charge on any atom is 0.180 e. The first-order valence-electron chi connectivity index (χ1n) is 7.34. The molecule has 0 N–H and O–H groups in total. The normalized spacial score (nSPS) is 16.9. The summed E-state index contributed by atoms with van der Waals surface area (Å²) in [5.74, 6) is 1.40. The van der Waals surface area contributed by atoms with Gasteiger partial charge in [-0.15, -0.1) is 9.24 Å². The second-order valence-corrected chi connectivity index (χ2v) is 6.29. The third-order valence-corrected chi connectivity index (χ3v) is 4.60. The molecule has 0 aromatic heterocycles. The van der Waals surface area contributed by atoms with Crippen molar-refractivity contribution in [3.05, 3.63) is 23.8 Å². The van der Waals surface area contributed by atoms with Gasteiger partial charge in [0.25, 0.3) is 0 Å². The van der Waals surface area contributed by atoms with Gasteiger partial charge in [0.15, 0.2) is 5.78 Å². The van der Waals surface area contributed by atoms with Crippen molar-refractivity contribution in [2.45, 2.75) is 44.7 Å². The summed E-state index contributed by atoms with van der Waals surface area (Å²) in [6.45, 7) is 4.93. The topological polar surface area (TPSA) is 35.5 Å². The van der Waals surface area contributed by atoms with Crippen LogP contribution in [0.25, 0.3) is 0 Å². The minimum absolute atomic E-state index is 0.132. The van der Waals surface area contributed by atoms with E-state index in [-0.39, 0.29) is 10.9 Å². The number of ketones is 1. The lowest BCUT2D eigenvalue weighted by Crippen LogP contribution is -2.29. The summed E-state index contributed by atoms with van der Waals surface area (Å²) in [6, 6.07) is 5.57. The fourth-order valence-electron chi connectivity index (χ4n) is 2.77. The van der Waals surface area contributed by atoms with E-state index in [2.05, 4.69) is 9.24 Å². The molecule has 1 aliphatic carbocycles. The van der Waals surface area contributed by atoms with Gasteiger partial charge in [0.2, 0.25) is 0 Å². The SMILES string of the molecule is CCOc1cccc(OCC)c1C(=O)C1(P)CCCC1. The Balaban J connectivity index is 2.43. The highest BCUT2D eigenvalue weighted by atomic mass is 31.0. The van der Waals surface area contributed by atoms with Crippen LogP contribution in [0.3, 0.4) is 0 Å². The third kappa shape index (κ3) is 2.98. The summed E-state index contributed by atoms with van der Waals surface area (Å²) < 4.78 is 11.3. The van der Waals surface area contributed by atoms with Crippen LogP contribution in [0.5, 0.6) is 11.5 Å². The van der Waals surface area contributed by atoms with Gasteiger partial charge in [-0.05, 0) is 38.8 Å². The van der Waals surface area contributed by atoms with Gasteiger partial charge < -0.3 is 9.47 Å². The molecule has 0 saturated heterocycles. The molecule has 1 unspecified atom stereocenters. The van der Waals surface area contributed by atoms with Gasteiger partial charge in [0.05, 0.1) is 13.2 Å². The molecule has 20 heavy (non-hydrogen) atoms. The number of ether oxygens (including phenoxy) is 2. The van der Waals surface area contributed by atoms with Gasteiger partial charge in [0, 0.05) is 5.16 Å². The largest absolute Gasteiger partial charge is 0.493 e. The average molecular weight is 294 g/mol. The van der Waals surface area contributed by atoms with Crippen molar-refractivity contribution < 1.29 is 14.3 Å². The van der Waals surface area contributed by atoms with E-state index in [0.29, 0.717) is 30.3 Å². The van der Waals surface area contributed by atoms with Crippen LogP contribution in [-0.2, 0) is 0 Å². The van der Waals surface area contributed by atoms with Crippen molar-refractivity contribution in [2.24, 2.45) is 0 Å². The van der Waals surface area contributed by atoms with Crippen molar-refractivity contribution in [1.82, 2.24) is 0 Å². The molecular formula is C16H23O3P. The Morgan fingerprint density at radius 3 is 2.10 bits per heavy atom. The maximum atomic E-state index is 13.0. The zero-order valence-electron chi connectivity index (χ0n) is 12.3. The molecule has 1 fully saturated rings. The smallest absolute Gasteiger partial charge is 0.180 e. The molecule has 2 rings (SSSR count). The Labute approximate surface area is 123 Å². The van der Waals surface area contributed by atoms with Crippen LogP contribution in [0.2, 0.25) is 0 Å². The molecule has 1 atom stereocenters. The highest BCUT2D eigenvalue weighted by molar-refractivity contribution is 7.21. The van der Waals surface area contributed by atoms with Crippen LogP contribution in [0, 0.1) is 0 Å². The molecule has 1 aromatic rings. The Bertz CT molecular complexity index is 454. The molecule has 1 aromatic carbocycles. The standard InChI is InChI=1S/C16H23O3P/c1-3-18-12-8-7-9-13(19-4-2)14(12)15(17)16(20)10-5-6-11-16/h7-9H,3-6,10-11,20H2,1-2H3. The summed E-state index contributed by atoms with van der Waals surface area (Å²) >= 11 is 0. The van der Waals surface area contributed by atoms with E-state index in [1.807, 2.05) is 32.0 Å². The molecule has 0 aliphatic heterocycles. The number of hydrogen-bond donors (Lipinski definition) is 0. The monoisotopic (exact) mass is 294 g/mol. The van der Waals surface area contributed by atoms with E-state index in [1.54, 1.807) is 0 Å². The first-order valence-corrected chi connectivity index (χ1v) is 7.92. The summed E-state index contributed by atoms with van der Waals surface area (Å²) in [4.78, 5) is 13.0. The molecule has 1 saturated carbocycles. The second-order valence-electron chi connectivity index (χ2n) is 5.19. The summed E-state index contributed by atoms with van der Waals surface area (Å²) in [7, 11) is 2.78. The Kier molecular flexibility index (Phi) is 5.04. The van der Waals surface area contributed by atoms with Crippen molar-refractivity contribution in [2.75, 3.05) is 13.2 Å². The van der Waals surface area contributed by atoms with Crippen LogP contribution < -0.4 is 9.47 Å². The van der Waals surface area contributed by atoms with Gasteiger partial charge in [-0.1, -0.05) is 18.9 Å². The van der Waals surface area contributed by atoms with Crippen LogP contribution in [0.4, 0.5) is 0 Å². The summed E-state index contributed by atoms with van der Waals surface area (Å²) in [6.07, 6.45) is 4.05. The first kappa shape index (κ1) is 15.3. The molecule has 0 bridgehead atoms. The number of Topliss-reactive ketones (excluding diaryl/α,β-unsaturated/α-hetero) is 1.